The third-order valence-electron chi connectivity index (χ3n) is 2.10. The highest BCUT2D eigenvalue weighted by molar-refractivity contribution is 5.80. The Balaban J connectivity index is 2.31. The van der Waals surface area contributed by atoms with E-state index in [4.69, 9.17) is 0 Å². The number of carbonyl (C=O) groups excluding carboxylic acids is 1. The van der Waals surface area contributed by atoms with E-state index in [0.717, 1.165) is 25.9 Å². The number of hydrogen-bond acceptors (Lipinski definition) is 2. The van der Waals surface area contributed by atoms with Crippen LogP contribution >= 0.6 is 0 Å². The third-order valence-corrected chi connectivity index (χ3v) is 2.10. The number of piperidine rings is 1. The predicted octanol–water partition coefficient (Wildman–Crippen LogP) is 0.965. The molecule has 1 aliphatic heterocycles. The highest BCUT2D eigenvalue weighted by Crippen LogP contribution is 2.11. The second-order valence-corrected chi connectivity index (χ2v) is 2.86. The summed E-state index contributed by atoms with van der Waals surface area (Å²) in [5.74, 6) is 0.742. The molecule has 58 valence electrons. The summed E-state index contributed by atoms with van der Waals surface area (Å²) in [6, 6.07) is 0. The van der Waals surface area contributed by atoms with Crippen molar-refractivity contribution in [3.8, 4) is 0 Å². The highest BCUT2D eigenvalue weighted by atomic mass is 16.1. The molecule has 0 radical (unpaired) electrons. The molecule has 0 aromatic heterocycles. The fourth-order valence-corrected chi connectivity index (χ4v) is 1.42. The number of ketones is 1. The zero-order chi connectivity index (χ0) is 7.40. The lowest BCUT2D eigenvalue weighted by Crippen LogP contribution is -2.34. The molecule has 1 atom stereocenters. The van der Waals surface area contributed by atoms with Crippen LogP contribution in [0.1, 0.15) is 26.2 Å². The van der Waals surface area contributed by atoms with E-state index < -0.39 is 0 Å². The van der Waals surface area contributed by atoms with Gasteiger partial charge in [0.2, 0.25) is 0 Å². The molecule has 0 spiro atoms. The van der Waals surface area contributed by atoms with Gasteiger partial charge in [-0.1, -0.05) is 6.92 Å². The molecule has 1 N–H and O–H groups in total. The summed E-state index contributed by atoms with van der Waals surface area (Å²) in [4.78, 5) is 11.1. The van der Waals surface area contributed by atoms with Crippen LogP contribution in [0.5, 0.6) is 0 Å². The number of nitrogens with one attached hydrogen (secondary N) is 1. The molecular weight excluding hydrogens is 126 g/mol. The first-order valence-corrected chi connectivity index (χ1v) is 4.08. The molecule has 0 aromatic carbocycles. The minimum atomic E-state index is 0.318. The maximum atomic E-state index is 11.1. The van der Waals surface area contributed by atoms with Crippen LogP contribution in [0, 0.1) is 5.92 Å². The van der Waals surface area contributed by atoms with Crippen molar-refractivity contribution >= 4 is 5.78 Å². The average Bonchev–Trinajstić information content (AvgIpc) is 2.05. The Hall–Kier alpha value is -0.370. The molecule has 1 rings (SSSR count). The van der Waals surface area contributed by atoms with Crippen LogP contribution in [-0.4, -0.2) is 18.9 Å². The van der Waals surface area contributed by atoms with Crippen LogP contribution < -0.4 is 5.32 Å². The van der Waals surface area contributed by atoms with Crippen molar-refractivity contribution in [1.82, 2.24) is 5.32 Å². The van der Waals surface area contributed by atoms with Gasteiger partial charge in [0.15, 0.2) is 0 Å². The van der Waals surface area contributed by atoms with Crippen molar-refractivity contribution in [2.45, 2.75) is 26.2 Å². The first-order chi connectivity index (χ1) is 4.84. The highest BCUT2D eigenvalue weighted by Gasteiger charge is 2.18. The third kappa shape index (κ3) is 1.81. The normalized spacial score (nSPS) is 26.3. The zero-order valence-electron chi connectivity index (χ0n) is 6.52. The first-order valence-electron chi connectivity index (χ1n) is 4.08. The van der Waals surface area contributed by atoms with Gasteiger partial charge in [-0.25, -0.2) is 0 Å². The van der Waals surface area contributed by atoms with Gasteiger partial charge >= 0.3 is 0 Å². The van der Waals surface area contributed by atoms with Crippen LogP contribution in [0.4, 0.5) is 0 Å². The van der Waals surface area contributed by atoms with Gasteiger partial charge in [-0.15, -0.1) is 0 Å². The van der Waals surface area contributed by atoms with Crippen molar-refractivity contribution in [2.24, 2.45) is 5.92 Å². The van der Waals surface area contributed by atoms with Gasteiger partial charge in [0.25, 0.3) is 0 Å². The lowest BCUT2D eigenvalue weighted by atomic mass is 9.94. The Morgan fingerprint density at radius 1 is 1.70 bits per heavy atom. The number of carbonyl (C=O) groups is 1. The van der Waals surface area contributed by atoms with E-state index >= 15 is 0 Å². The molecule has 0 aliphatic carbocycles. The SMILES string of the molecule is CCC(=O)[C@H]1CCCNC1. The summed E-state index contributed by atoms with van der Waals surface area (Å²) in [5.41, 5.74) is 0. The molecule has 0 bridgehead atoms. The molecule has 1 saturated heterocycles. The molecule has 0 aromatic rings. The Kier molecular flexibility index (Phi) is 2.87. The molecule has 0 unspecified atom stereocenters. The standard InChI is InChI=1S/C8H15NO/c1-2-8(10)7-4-3-5-9-6-7/h7,9H,2-6H2,1H3/t7-/m0/s1. The quantitative estimate of drug-likeness (QED) is 0.620. The van der Waals surface area contributed by atoms with E-state index in [1.165, 1.54) is 0 Å². The molecule has 0 saturated carbocycles. The monoisotopic (exact) mass is 141 g/mol. The van der Waals surface area contributed by atoms with Crippen molar-refractivity contribution in [3.05, 3.63) is 0 Å². The van der Waals surface area contributed by atoms with Crippen LogP contribution in [0.25, 0.3) is 0 Å². The van der Waals surface area contributed by atoms with Crippen LogP contribution in [0.15, 0.2) is 0 Å². The summed E-state index contributed by atoms with van der Waals surface area (Å²) >= 11 is 0. The molecule has 1 aliphatic rings. The van der Waals surface area contributed by atoms with E-state index in [0.29, 0.717) is 18.1 Å². The summed E-state index contributed by atoms with van der Waals surface area (Å²) in [6.45, 7) is 3.94. The Labute approximate surface area is 62.0 Å². The maximum Gasteiger partial charge on any atom is 0.136 e. The van der Waals surface area contributed by atoms with E-state index in [-0.39, 0.29) is 0 Å². The van der Waals surface area contributed by atoms with E-state index in [2.05, 4.69) is 5.32 Å². The summed E-state index contributed by atoms with van der Waals surface area (Å²) in [7, 11) is 0. The Bertz CT molecular complexity index is 116. The largest absolute Gasteiger partial charge is 0.316 e. The van der Waals surface area contributed by atoms with Gasteiger partial charge in [0, 0.05) is 18.9 Å². The zero-order valence-corrected chi connectivity index (χ0v) is 6.52. The van der Waals surface area contributed by atoms with Gasteiger partial charge in [0.05, 0.1) is 0 Å². The van der Waals surface area contributed by atoms with Gasteiger partial charge in [-0.05, 0) is 19.4 Å². The van der Waals surface area contributed by atoms with E-state index in [1.807, 2.05) is 6.92 Å². The molecular formula is C8H15NO. The Morgan fingerprint density at radius 3 is 3.00 bits per heavy atom. The molecule has 10 heavy (non-hydrogen) atoms. The number of hydrogen-bond donors (Lipinski definition) is 1. The van der Waals surface area contributed by atoms with Gasteiger partial charge in [-0.2, -0.15) is 0 Å². The second-order valence-electron chi connectivity index (χ2n) is 2.86. The van der Waals surface area contributed by atoms with Crippen LogP contribution in [0.2, 0.25) is 0 Å². The second kappa shape index (κ2) is 3.71. The average molecular weight is 141 g/mol. The molecule has 1 heterocycles. The van der Waals surface area contributed by atoms with Crippen molar-refractivity contribution in [1.29, 1.82) is 0 Å². The maximum absolute atomic E-state index is 11.1. The lowest BCUT2D eigenvalue weighted by molar-refractivity contribution is -0.123. The lowest BCUT2D eigenvalue weighted by Gasteiger charge is -2.20. The first kappa shape index (κ1) is 7.73. The van der Waals surface area contributed by atoms with Crippen molar-refractivity contribution in [2.75, 3.05) is 13.1 Å². The molecule has 2 heteroatoms. The smallest absolute Gasteiger partial charge is 0.136 e. The minimum Gasteiger partial charge on any atom is -0.316 e. The summed E-state index contributed by atoms with van der Waals surface area (Å²) < 4.78 is 0. The predicted molar refractivity (Wildman–Crippen MR) is 40.9 cm³/mol. The summed E-state index contributed by atoms with van der Waals surface area (Å²) in [5, 5.41) is 3.23. The number of rotatable bonds is 2. The van der Waals surface area contributed by atoms with Gasteiger partial charge < -0.3 is 5.32 Å². The van der Waals surface area contributed by atoms with E-state index in [1.54, 1.807) is 0 Å². The molecule has 1 fully saturated rings. The summed E-state index contributed by atoms with van der Waals surface area (Å²) in [6.07, 6.45) is 2.96. The fraction of sp³-hybridized carbons (Fsp3) is 0.875. The van der Waals surface area contributed by atoms with Crippen LogP contribution in [0.3, 0.4) is 0 Å². The molecule has 2 nitrogen and oxygen atoms in total. The minimum absolute atomic E-state index is 0.318. The van der Waals surface area contributed by atoms with Crippen molar-refractivity contribution < 1.29 is 4.79 Å². The Morgan fingerprint density at radius 2 is 2.50 bits per heavy atom. The fourth-order valence-electron chi connectivity index (χ4n) is 1.42. The topological polar surface area (TPSA) is 29.1 Å². The molecule has 0 amide bonds. The van der Waals surface area contributed by atoms with Crippen LogP contribution in [-0.2, 0) is 4.79 Å². The van der Waals surface area contributed by atoms with Gasteiger partial charge in [-0.3, -0.25) is 4.79 Å². The van der Waals surface area contributed by atoms with Crippen molar-refractivity contribution in [3.63, 3.8) is 0 Å². The van der Waals surface area contributed by atoms with E-state index in [9.17, 15) is 4.79 Å². The van der Waals surface area contributed by atoms with Gasteiger partial charge in [0.1, 0.15) is 5.78 Å². The number of Topliss-reactive ketones (excluding diaryl/α,β-unsaturated/α-hetero) is 1.